The second-order valence-electron chi connectivity index (χ2n) is 6.27. The minimum atomic E-state index is -0.156. The van der Waals surface area contributed by atoms with Gasteiger partial charge < -0.3 is 10.4 Å². The quantitative estimate of drug-likeness (QED) is 0.799. The van der Waals surface area contributed by atoms with Crippen molar-refractivity contribution in [2.75, 3.05) is 0 Å². The molecule has 0 spiro atoms. The summed E-state index contributed by atoms with van der Waals surface area (Å²) in [5.41, 5.74) is 4.30. The van der Waals surface area contributed by atoms with Crippen LogP contribution < -0.4 is 5.32 Å². The summed E-state index contributed by atoms with van der Waals surface area (Å²) in [7, 11) is 0. The van der Waals surface area contributed by atoms with Gasteiger partial charge in [-0.1, -0.05) is 43.0 Å². The van der Waals surface area contributed by atoms with Crippen LogP contribution in [0, 0.1) is 6.92 Å². The SMILES string of the molecule is Cc1ccc2c(c1)C(NC1CCCCCC1O)CC2. The molecule has 3 rings (SSSR count). The minimum Gasteiger partial charge on any atom is -0.392 e. The van der Waals surface area contributed by atoms with Crippen LogP contribution >= 0.6 is 0 Å². The Hall–Kier alpha value is -0.860. The van der Waals surface area contributed by atoms with Crippen molar-refractivity contribution < 1.29 is 5.11 Å². The van der Waals surface area contributed by atoms with E-state index in [4.69, 9.17) is 0 Å². The van der Waals surface area contributed by atoms with E-state index in [9.17, 15) is 5.11 Å². The van der Waals surface area contributed by atoms with E-state index < -0.39 is 0 Å². The molecule has 19 heavy (non-hydrogen) atoms. The van der Waals surface area contributed by atoms with Gasteiger partial charge in [-0.2, -0.15) is 0 Å². The molecule has 0 aliphatic heterocycles. The van der Waals surface area contributed by atoms with Gasteiger partial charge in [0, 0.05) is 12.1 Å². The Labute approximate surface area is 116 Å². The maximum Gasteiger partial charge on any atom is 0.0693 e. The smallest absolute Gasteiger partial charge is 0.0693 e. The molecule has 0 amide bonds. The first-order chi connectivity index (χ1) is 9.24. The summed E-state index contributed by atoms with van der Waals surface area (Å²) in [5.74, 6) is 0. The highest BCUT2D eigenvalue weighted by atomic mass is 16.3. The van der Waals surface area contributed by atoms with Crippen LogP contribution in [-0.4, -0.2) is 17.3 Å². The lowest BCUT2D eigenvalue weighted by molar-refractivity contribution is 0.113. The van der Waals surface area contributed by atoms with E-state index in [2.05, 4.69) is 30.4 Å². The maximum atomic E-state index is 10.2. The van der Waals surface area contributed by atoms with Crippen molar-refractivity contribution in [1.82, 2.24) is 5.32 Å². The highest BCUT2D eigenvalue weighted by Gasteiger charge is 2.28. The molecule has 1 fully saturated rings. The van der Waals surface area contributed by atoms with E-state index in [1.807, 2.05) is 0 Å². The molecule has 2 heteroatoms. The summed E-state index contributed by atoms with van der Waals surface area (Å²) in [5, 5.41) is 14.0. The number of aliphatic hydroxyl groups excluding tert-OH is 1. The van der Waals surface area contributed by atoms with Crippen LogP contribution in [0.3, 0.4) is 0 Å². The van der Waals surface area contributed by atoms with Crippen LogP contribution in [0.1, 0.15) is 61.3 Å². The van der Waals surface area contributed by atoms with Gasteiger partial charge in [0.25, 0.3) is 0 Å². The van der Waals surface area contributed by atoms with Crippen molar-refractivity contribution in [1.29, 1.82) is 0 Å². The summed E-state index contributed by atoms with van der Waals surface area (Å²) in [6.07, 6.45) is 8.00. The predicted molar refractivity (Wildman–Crippen MR) is 78.3 cm³/mol. The van der Waals surface area contributed by atoms with Crippen molar-refractivity contribution in [3.8, 4) is 0 Å². The van der Waals surface area contributed by atoms with Crippen LogP contribution in [0.4, 0.5) is 0 Å². The molecule has 3 unspecified atom stereocenters. The van der Waals surface area contributed by atoms with Gasteiger partial charge in [0.05, 0.1) is 6.10 Å². The largest absolute Gasteiger partial charge is 0.392 e. The van der Waals surface area contributed by atoms with E-state index in [0.29, 0.717) is 12.1 Å². The van der Waals surface area contributed by atoms with Crippen molar-refractivity contribution >= 4 is 0 Å². The number of benzene rings is 1. The topological polar surface area (TPSA) is 32.3 Å². The highest BCUT2D eigenvalue weighted by Crippen LogP contribution is 2.33. The van der Waals surface area contributed by atoms with Gasteiger partial charge in [0.1, 0.15) is 0 Å². The molecule has 3 atom stereocenters. The third-order valence-electron chi connectivity index (χ3n) is 4.77. The van der Waals surface area contributed by atoms with Crippen molar-refractivity contribution in [3.05, 3.63) is 34.9 Å². The predicted octanol–water partition coefficient (Wildman–Crippen LogP) is 3.27. The number of hydrogen-bond donors (Lipinski definition) is 2. The normalized spacial score (nSPS) is 30.9. The zero-order chi connectivity index (χ0) is 13.2. The highest BCUT2D eigenvalue weighted by molar-refractivity contribution is 5.37. The second kappa shape index (κ2) is 5.64. The number of fused-ring (bicyclic) bond motifs is 1. The number of aryl methyl sites for hydroxylation is 2. The lowest BCUT2D eigenvalue weighted by Gasteiger charge is -2.26. The zero-order valence-electron chi connectivity index (χ0n) is 11.9. The molecule has 104 valence electrons. The van der Waals surface area contributed by atoms with E-state index in [0.717, 1.165) is 12.8 Å². The van der Waals surface area contributed by atoms with Crippen molar-refractivity contribution in [2.45, 2.75) is 70.1 Å². The first-order valence-electron chi connectivity index (χ1n) is 7.77. The first kappa shape index (κ1) is 13.1. The van der Waals surface area contributed by atoms with Gasteiger partial charge in [0.2, 0.25) is 0 Å². The van der Waals surface area contributed by atoms with E-state index >= 15 is 0 Å². The van der Waals surface area contributed by atoms with Gasteiger partial charge in [-0.15, -0.1) is 0 Å². The fraction of sp³-hybridized carbons (Fsp3) is 0.647. The Morgan fingerprint density at radius 3 is 2.84 bits per heavy atom. The summed E-state index contributed by atoms with van der Waals surface area (Å²) >= 11 is 0. The molecule has 2 aliphatic rings. The molecule has 0 radical (unpaired) electrons. The Kier molecular flexibility index (Phi) is 3.90. The Bertz CT molecular complexity index is 443. The molecule has 1 aromatic carbocycles. The van der Waals surface area contributed by atoms with Crippen LogP contribution in [0.15, 0.2) is 18.2 Å². The van der Waals surface area contributed by atoms with Crippen LogP contribution in [0.5, 0.6) is 0 Å². The standard InChI is InChI=1S/C17H25NO/c1-12-7-8-13-9-10-15(14(13)11-12)18-16-5-3-2-4-6-17(16)19/h7-8,11,15-19H,2-6,9-10H2,1H3. The average Bonchev–Trinajstić information content (AvgIpc) is 2.67. The summed E-state index contributed by atoms with van der Waals surface area (Å²) in [6.45, 7) is 2.16. The molecule has 1 saturated carbocycles. The lowest BCUT2D eigenvalue weighted by atomic mass is 10.0. The third-order valence-corrected chi connectivity index (χ3v) is 4.77. The number of aliphatic hydroxyl groups is 1. The fourth-order valence-corrected chi connectivity index (χ4v) is 3.64. The Morgan fingerprint density at radius 2 is 1.95 bits per heavy atom. The van der Waals surface area contributed by atoms with E-state index in [-0.39, 0.29) is 6.10 Å². The number of nitrogens with one attached hydrogen (secondary N) is 1. The summed E-state index contributed by atoms with van der Waals surface area (Å²) in [6, 6.07) is 7.55. The number of hydrogen-bond acceptors (Lipinski definition) is 2. The van der Waals surface area contributed by atoms with Gasteiger partial charge >= 0.3 is 0 Å². The molecule has 0 saturated heterocycles. The van der Waals surface area contributed by atoms with Crippen molar-refractivity contribution in [2.24, 2.45) is 0 Å². The van der Waals surface area contributed by atoms with Crippen LogP contribution in [-0.2, 0) is 6.42 Å². The molecule has 2 aliphatic carbocycles. The molecular formula is C17H25NO. The molecule has 0 heterocycles. The molecule has 0 bridgehead atoms. The second-order valence-corrected chi connectivity index (χ2v) is 6.27. The molecule has 2 N–H and O–H groups in total. The van der Waals surface area contributed by atoms with Gasteiger partial charge in [-0.25, -0.2) is 0 Å². The monoisotopic (exact) mass is 259 g/mol. The summed E-state index contributed by atoms with van der Waals surface area (Å²) in [4.78, 5) is 0. The molecule has 0 aromatic heterocycles. The Balaban J connectivity index is 1.73. The van der Waals surface area contributed by atoms with Crippen LogP contribution in [0.2, 0.25) is 0 Å². The molecular weight excluding hydrogens is 234 g/mol. The maximum absolute atomic E-state index is 10.2. The zero-order valence-corrected chi connectivity index (χ0v) is 11.9. The van der Waals surface area contributed by atoms with Gasteiger partial charge in [0.15, 0.2) is 0 Å². The lowest BCUT2D eigenvalue weighted by Crippen LogP contribution is -2.40. The van der Waals surface area contributed by atoms with Crippen LogP contribution in [0.25, 0.3) is 0 Å². The molecule has 2 nitrogen and oxygen atoms in total. The fourth-order valence-electron chi connectivity index (χ4n) is 3.64. The van der Waals surface area contributed by atoms with Gasteiger partial charge in [-0.3, -0.25) is 0 Å². The Morgan fingerprint density at radius 1 is 1.11 bits per heavy atom. The van der Waals surface area contributed by atoms with E-state index in [1.54, 1.807) is 0 Å². The number of rotatable bonds is 2. The first-order valence-corrected chi connectivity index (χ1v) is 7.77. The third kappa shape index (κ3) is 2.85. The van der Waals surface area contributed by atoms with Gasteiger partial charge in [-0.05, 0) is 43.7 Å². The minimum absolute atomic E-state index is 0.156. The van der Waals surface area contributed by atoms with E-state index in [1.165, 1.54) is 48.8 Å². The summed E-state index contributed by atoms with van der Waals surface area (Å²) < 4.78 is 0. The average molecular weight is 259 g/mol. The van der Waals surface area contributed by atoms with Crippen molar-refractivity contribution in [3.63, 3.8) is 0 Å². The molecule has 1 aromatic rings.